The van der Waals surface area contributed by atoms with E-state index in [9.17, 15) is 19.5 Å². The number of aliphatic hydroxyl groups excluding tert-OH is 1. The minimum atomic E-state index is -1.78. The summed E-state index contributed by atoms with van der Waals surface area (Å²) < 4.78 is 5.64. The third kappa shape index (κ3) is 4.20. The number of rotatable bonds is 10. The molecule has 8 nitrogen and oxygen atoms in total. The van der Waals surface area contributed by atoms with Crippen molar-refractivity contribution in [2.24, 2.45) is 0 Å². The smallest absolute Gasteiger partial charge is 0.296 e. The molecule has 2 heterocycles. The fourth-order valence-electron chi connectivity index (χ4n) is 5.27. The van der Waals surface area contributed by atoms with Crippen LogP contribution in [-0.2, 0) is 19.9 Å². The lowest BCUT2D eigenvalue weighted by molar-refractivity contribution is -0.143. The summed E-state index contributed by atoms with van der Waals surface area (Å²) >= 11 is 0. The van der Waals surface area contributed by atoms with E-state index < -0.39 is 28.9 Å². The van der Waals surface area contributed by atoms with Gasteiger partial charge in [0.05, 0.1) is 11.3 Å². The van der Waals surface area contributed by atoms with Crippen LogP contribution in [-0.4, -0.2) is 72.8 Å². The fourth-order valence-corrected chi connectivity index (χ4v) is 5.27. The molecule has 1 atom stereocenters. The number of anilines is 1. The monoisotopic (exact) mass is 515 g/mol. The minimum absolute atomic E-state index is 0.162. The van der Waals surface area contributed by atoms with Crippen LogP contribution >= 0.6 is 0 Å². The quantitative estimate of drug-likeness (QED) is 0.225. The predicted octanol–water partition coefficient (Wildman–Crippen LogP) is 3.62. The number of carbonyl (C=O) groups is 3. The van der Waals surface area contributed by atoms with Gasteiger partial charge in [0.25, 0.3) is 17.6 Å². The molecule has 198 valence electrons. The Morgan fingerprint density at radius 3 is 2.50 bits per heavy atom. The number of hydrogen-bond acceptors (Lipinski definition) is 6. The minimum Gasteiger partial charge on any atom is -0.507 e. The summed E-state index contributed by atoms with van der Waals surface area (Å²) in [7, 11) is 3.83. The summed E-state index contributed by atoms with van der Waals surface area (Å²) in [5.41, 5.74) is 0.0850. The molecule has 0 unspecified atom stereocenters. The molecule has 0 bridgehead atoms. The first-order valence-electron chi connectivity index (χ1n) is 12.5. The summed E-state index contributed by atoms with van der Waals surface area (Å²) in [4.78, 5) is 46.3. The molecule has 0 radical (unpaired) electrons. The van der Waals surface area contributed by atoms with E-state index in [2.05, 4.69) is 13.2 Å². The second-order valence-corrected chi connectivity index (χ2v) is 9.68. The molecule has 2 aromatic carbocycles. The SMILES string of the molecule is C=CCOc1ccc(C(O)=C2C(=O)C(=O)N(CCCN(C)C)[C@@]23C(=O)N(CC=C)c2ccccc23)cc1C. The zero-order chi connectivity index (χ0) is 27.6. The first-order valence-corrected chi connectivity index (χ1v) is 12.5. The predicted molar refractivity (Wildman–Crippen MR) is 147 cm³/mol. The van der Waals surface area contributed by atoms with Crippen molar-refractivity contribution in [3.63, 3.8) is 0 Å². The number of aryl methyl sites for hydroxylation is 1. The number of ether oxygens (including phenoxy) is 1. The van der Waals surface area contributed by atoms with Gasteiger partial charge in [-0.1, -0.05) is 36.9 Å². The molecule has 8 heteroatoms. The van der Waals surface area contributed by atoms with Crippen LogP contribution in [0.1, 0.15) is 23.1 Å². The molecule has 1 N–H and O–H groups in total. The number of carbonyl (C=O) groups excluding carboxylic acids is 3. The van der Waals surface area contributed by atoms with Gasteiger partial charge in [-0.25, -0.2) is 0 Å². The van der Waals surface area contributed by atoms with Crippen LogP contribution in [0.3, 0.4) is 0 Å². The van der Waals surface area contributed by atoms with E-state index in [1.54, 1.807) is 54.6 Å². The van der Waals surface area contributed by atoms with E-state index in [4.69, 9.17) is 4.74 Å². The van der Waals surface area contributed by atoms with Crippen LogP contribution in [0.5, 0.6) is 5.75 Å². The molecule has 38 heavy (non-hydrogen) atoms. The van der Waals surface area contributed by atoms with E-state index in [0.29, 0.717) is 42.1 Å². The number of para-hydroxylation sites is 1. The van der Waals surface area contributed by atoms with Gasteiger partial charge in [-0.2, -0.15) is 0 Å². The molecular weight excluding hydrogens is 482 g/mol. The van der Waals surface area contributed by atoms with E-state index in [0.717, 1.165) is 5.56 Å². The third-order valence-corrected chi connectivity index (χ3v) is 6.91. The van der Waals surface area contributed by atoms with Crippen LogP contribution in [0.15, 0.2) is 73.3 Å². The number of aliphatic hydroxyl groups is 1. The highest BCUT2D eigenvalue weighted by atomic mass is 16.5. The first-order chi connectivity index (χ1) is 18.2. The van der Waals surface area contributed by atoms with Crippen molar-refractivity contribution in [2.75, 3.05) is 45.2 Å². The molecule has 0 aromatic heterocycles. The Bertz CT molecular complexity index is 1350. The van der Waals surface area contributed by atoms with E-state index in [-0.39, 0.29) is 18.7 Å². The van der Waals surface area contributed by atoms with Crippen molar-refractivity contribution in [1.29, 1.82) is 0 Å². The van der Waals surface area contributed by atoms with Gasteiger partial charge in [0.15, 0.2) is 5.54 Å². The number of nitrogens with zero attached hydrogens (tertiary/aromatic N) is 3. The summed E-state index contributed by atoms with van der Waals surface area (Å²) in [5.74, 6) is -1.97. The van der Waals surface area contributed by atoms with Gasteiger partial charge in [-0.3, -0.25) is 14.4 Å². The topological polar surface area (TPSA) is 90.4 Å². The molecule has 2 aliphatic rings. The van der Waals surface area contributed by atoms with E-state index in [1.165, 1.54) is 9.80 Å². The number of ketones is 1. The third-order valence-electron chi connectivity index (χ3n) is 6.91. The molecule has 2 aliphatic heterocycles. The summed E-state index contributed by atoms with van der Waals surface area (Å²) in [6.45, 7) is 10.6. The lowest BCUT2D eigenvalue weighted by Gasteiger charge is -2.34. The van der Waals surface area contributed by atoms with Gasteiger partial charge in [-0.15, -0.1) is 6.58 Å². The Morgan fingerprint density at radius 2 is 1.84 bits per heavy atom. The molecule has 1 fully saturated rings. The zero-order valence-electron chi connectivity index (χ0n) is 22.1. The van der Waals surface area contributed by atoms with E-state index in [1.807, 2.05) is 25.9 Å². The van der Waals surface area contributed by atoms with Crippen LogP contribution in [0.4, 0.5) is 5.69 Å². The second-order valence-electron chi connectivity index (χ2n) is 9.68. The van der Waals surface area contributed by atoms with Crippen molar-refractivity contribution in [3.05, 3.63) is 90.0 Å². The molecule has 1 spiro atoms. The van der Waals surface area contributed by atoms with Crippen LogP contribution in [0.25, 0.3) is 5.76 Å². The lowest BCUT2D eigenvalue weighted by Crippen LogP contribution is -2.52. The van der Waals surface area contributed by atoms with Gasteiger partial charge < -0.3 is 24.5 Å². The Balaban J connectivity index is 1.96. The molecule has 0 saturated carbocycles. The van der Waals surface area contributed by atoms with Gasteiger partial charge in [0, 0.05) is 24.2 Å². The number of amides is 2. The van der Waals surface area contributed by atoms with Crippen LogP contribution in [0.2, 0.25) is 0 Å². The normalized spacial score (nSPS) is 19.9. The first kappa shape index (κ1) is 26.9. The molecule has 0 aliphatic carbocycles. The average molecular weight is 516 g/mol. The van der Waals surface area contributed by atoms with Crippen molar-refractivity contribution < 1.29 is 24.2 Å². The highest BCUT2D eigenvalue weighted by Crippen LogP contribution is 2.53. The number of fused-ring (bicyclic) bond motifs is 2. The summed E-state index contributed by atoms with van der Waals surface area (Å²) in [6.07, 6.45) is 3.76. The van der Waals surface area contributed by atoms with Crippen molar-refractivity contribution in [2.45, 2.75) is 18.9 Å². The van der Waals surface area contributed by atoms with E-state index >= 15 is 0 Å². The maximum Gasteiger partial charge on any atom is 0.296 e. The molecule has 2 aromatic rings. The highest BCUT2D eigenvalue weighted by Gasteiger charge is 2.66. The maximum absolute atomic E-state index is 14.3. The zero-order valence-corrected chi connectivity index (χ0v) is 22.1. The summed E-state index contributed by atoms with van der Waals surface area (Å²) in [6, 6.07) is 12.1. The maximum atomic E-state index is 14.3. The molecular formula is C30H33N3O5. The van der Waals surface area contributed by atoms with Gasteiger partial charge in [0.2, 0.25) is 0 Å². The summed E-state index contributed by atoms with van der Waals surface area (Å²) in [5, 5.41) is 11.6. The van der Waals surface area contributed by atoms with Gasteiger partial charge >= 0.3 is 0 Å². The van der Waals surface area contributed by atoms with Gasteiger partial charge in [0.1, 0.15) is 18.1 Å². The van der Waals surface area contributed by atoms with Gasteiger partial charge in [-0.05, 0) is 63.8 Å². The van der Waals surface area contributed by atoms with Crippen molar-refractivity contribution in [1.82, 2.24) is 9.80 Å². The second kappa shape index (κ2) is 10.7. The Kier molecular flexibility index (Phi) is 7.55. The van der Waals surface area contributed by atoms with Crippen molar-refractivity contribution >= 4 is 29.0 Å². The largest absolute Gasteiger partial charge is 0.507 e. The van der Waals surface area contributed by atoms with Crippen LogP contribution in [0, 0.1) is 6.92 Å². The lowest BCUT2D eigenvalue weighted by atomic mass is 9.81. The highest BCUT2D eigenvalue weighted by molar-refractivity contribution is 6.50. The average Bonchev–Trinajstić information content (AvgIpc) is 3.26. The number of benzene rings is 2. The Labute approximate surface area is 223 Å². The Morgan fingerprint density at radius 1 is 1.11 bits per heavy atom. The number of likely N-dealkylation sites (tertiary alicyclic amines) is 1. The molecule has 1 saturated heterocycles. The van der Waals surface area contributed by atoms with Crippen molar-refractivity contribution in [3.8, 4) is 5.75 Å². The standard InChI is InChI=1S/C30H33N3O5/c1-6-15-32-23-12-9-8-11-22(23)30(29(32)37)25(27(35)28(36)33(30)17-10-16-31(4)5)26(34)21-13-14-24(20(3)19-21)38-18-7-2/h6-9,11-14,19,34H,1-2,10,15-18H2,3-5H3/t30-/m1/s1. The van der Waals surface area contributed by atoms with Crippen LogP contribution < -0.4 is 9.64 Å². The number of hydrogen-bond donors (Lipinski definition) is 1. The number of Topliss-reactive ketones (excluding diaryl/α,β-unsaturated/α-hetero) is 1. The molecule has 2 amide bonds. The Hall–Kier alpha value is -4.17. The fraction of sp³-hybridized carbons (Fsp3) is 0.300. The molecule has 4 rings (SSSR count).